The summed E-state index contributed by atoms with van der Waals surface area (Å²) >= 11 is 0. The summed E-state index contributed by atoms with van der Waals surface area (Å²) in [6.07, 6.45) is 0.509. The van der Waals surface area contributed by atoms with Crippen LogP contribution in [0.3, 0.4) is 0 Å². The van der Waals surface area contributed by atoms with Crippen LogP contribution in [0.5, 0.6) is 0 Å². The lowest BCUT2D eigenvalue weighted by Gasteiger charge is -2.22. The quantitative estimate of drug-likeness (QED) is 0.280. The predicted octanol–water partition coefficient (Wildman–Crippen LogP) is 4.87. The highest BCUT2D eigenvalue weighted by molar-refractivity contribution is 5.91. The molecule has 1 aliphatic rings. The van der Waals surface area contributed by atoms with E-state index in [1.807, 2.05) is 24.3 Å². The monoisotopic (exact) mass is 538 g/mol. The fourth-order valence-electron chi connectivity index (χ4n) is 3.48. The van der Waals surface area contributed by atoms with Gasteiger partial charge in [-0.2, -0.15) is 23.4 Å². The Kier molecular flexibility index (Phi) is 7.85. The number of halogens is 4. The van der Waals surface area contributed by atoms with Crippen LogP contribution in [0, 0.1) is 17.7 Å². The van der Waals surface area contributed by atoms with Crippen LogP contribution in [-0.2, 0) is 4.79 Å². The Bertz CT molecular complexity index is 1590. The molecule has 5 rings (SSSR count). The molecule has 1 aliphatic heterocycles. The Morgan fingerprint density at radius 3 is 2.51 bits per heavy atom. The summed E-state index contributed by atoms with van der Waals surface area (Å²) in [5.74, 6) is 3.07. The lowest BCUT2D eigenvalue weighted by atomic mass is 10.0. The number of carboxylic acid groups (broad SMARTS) is 1. The number of urea groups is 1. The molecule has 0 spiro atoms. The van der Waals surface area contributed by atoms with Crippen molar-refractivity contribution < 1.29 is 32.3 Å². The number of aliphatic carboxylic acids is 1. The van der Waals surface area contributed by atoms with Crippen molar-refractivity contribution in [3.63, 3.8) is 0 Å². The Morgan fingerprint density at radius 1 is 1.05 bits per heavy atom. The first-order valence-corrected chi connectivity index (χ1v) is 11.2. The van der Waals surface area contributed by atoms with Crippen molar-refractivity contribution in [1.29, 1.82) is 0 Å². The maximum Gasteiger partial charge on any atom is 0.490 e. The van der Waals surface area contributed by atoms with E-state index in [9.17, 15) is 22.4 Å². The zero-order valence-corrected chi connectivity index (χ0v) is 19.8. The van der Waals surface area contributed by atoms with E-state index in [1.54, 1.807) is 47.4 Å². The number of carbonyl (C=O) groups is 2. The molecule has 39 heavy (non-hydrogen) atoms. The number of carbonyl (C=O) groups excluding carboxylic acids is 1. The van der Waals surface area contributed by atoms with E-state index in [0.29, 0.717) is 17.8 Å². The van der Waals surface area contributed by atoms with Crippen LogP contribution in [0.2, 0.25) is 0 Å². The van der Waals surface area contributed by atoms with Crippen LogP contribution in [0.15, 0.2) is 78.2 Å². The maximum atomic E-state index is 13.2. The first-order valence-electron chi connectivity index (χ1n) is 11.2. The number of imidazole rings is 1. The molecule has 0 aliphatic carbocycles. The number of anilines is 1. The van der Waals surface area contributed by atoms with Gasteiger partial charge in [0, 0.05) is 30.1 Å². The number of fused-ring (bicyclic) bond motifs is 1. The third-order valence-corrected chi connectivity index (χ3v) is 5.26. The fourth-order valence-corrected chi connectivity index (χ4v) is 3.48. The summed E-state index contributed by atoms with van der Waals surface area (Å²) in [5, 5.41) is 19.8. The number of carboxylic acids is 1. The molecule has 198 valence electrons. The Hall–Kier alpha value is -5.25. The highest BCUT2D eigenvalue weighted by Gasteiger charge is 2.38. The zero-order chi connectivity index (χ0) is 28.0. The van der Waals surface area contributed by atoms with Crippen molar-refractivity contribution in [2.24, 2.45) is 5.10 Å². The minimum Gasteiger partial charge on any atom is -0.475 e. The van der Waals surface area contributed by atoms with E-state index in [-0.39, 0.29) is 17.9 Å². The van der Waals surface area contributed by atoms with Crippen molar-refractivity contribution in [3.05, 3.63) is 95.7 Å². The van der Waals surface area contributed by atoms with Crippen molar-refractivity contribution in [1.82, 2.24) is 19.6 Å². The first kappa shape index (κ1) is 26.8. The normalized spacial score (nSPS) is 14.3. The molecule has 0 radical (unpaired) electrons. The van der Waals surface area contributed by atoms with E-state index in [1.165, 1.54) is 17.1 Å². The Morgan fingerprint density at radius 2 is 1.79 bits per heavy atom. The van der Waals surface area contributed by atoms with E-state index in [4.69, 9.17) is 9.90 Å². The summed E-state index contributed by atoms with van der Waals surface area (Å²) in [6, 6.07) is 16.4. The Labute approximate surface area is 218 Å². The summed E-state index contributed by atoms with van der Waals surface area (Å²) in [6.45, 7) is 0. The molecule has 3 heterocycles. The third-order valence-electron chi connectivity index (χ3n) is 5.26. The van der Waals surface area contributed by atoms with Gasteiger partial charge in [0.05, 0.1) is 12.2 Å². The average Bonchev–Trinajstić information content (AvgIpc) is 3.56. The number of rotatable bonds is 2. The van der Waals surface area contributed by atoms with Gasteiger partial charge in [0.15, 0.2) is 5.65 Å². The van der Waals surface area contributed by atoms with Crippen molar-refractivity contribution in [2.75, 3.05) is 5.32 Å². The largest absolute Gasteiger partial charge is 0.490 e. The lowest BCUT2D eigenvalue weighted by Crippen LogP contribution is -2.31. The summed E-state index contributed by atoms with van der Waals surface area (Å²) in [7, 11) is 0. The maximum absolute atomic E-state index is 13.2. The molecule has 1 atom stereocenters. The van der Waals surface area contributed by atoms with Gasteiger partial charge in [-0.25, -0.2) is 28.5 Å². The van der Waals surface area contributed by atoms with Crippen LogP contribution >= 0.6 is 0 Å². The number of nitrogens with one attached hydrogen (secondary N) is 1. The highest BCUT2D eigenvalue weighted by Crippen LogP contribution is 2.29. The van der Waals surface area contributed by atoms with Gasteiger partial charge in [-0.1, -0.05) is 24.1 Å². The minimum atomic E-state index is -5.08. The van der Waals surface area contributed by atoms with Gasteiger partial charge in [0.25, 0.3) is 0 Å². The second-order valence-corrected chi connectivity index (χ2v) is 7.95. The number of amides is 2. The number of nitrogens with zero attached hydrogens (tertiary/aromatic N) is 5. The van der Waals surface area contributed by atoms with E-state index in [0.717, 1.165) is 16.8 Å². The second-order valence-electron chi connectivity index (χ2n) is 7.95. The molecule has 0 saturated heterocycles. The van der Waals surface area contributed by atoms with Crippen LogP contribution in [0.4, 0.5) is 28.0 Å². The molecule has 2 amide bonds. The SMILES string of the molecule is O=C(Nc1cccc(C#Cc2cnc3cccnn23)c1)N1N=CC[C@H]1c1ccc(F)cc1.O=C(O)C(F)(F)F. The van der Waals surface area contributed by atoms with Gasteiger partial charge in [0.2, 0.25) is 0 Å². The van der Waals surface area contributed by atoms with Gasteiger partial charge in [-0.05, 0) is 53.9 Å². The summed E-state index contributed by atoms with van der Waals surface area (Å²) < 4.78 is 46.6. The molecule has 0 unspecified atom stereocenters. The van der Waals surface area contributed by atoms with Crippen molar-refractivity contribution in [2.45, 2.75) is 18.6 Å². The number of benzene rings is 2. The van der Waals surface area contributed by atoms with E-state index in [2.05, 4.69) is 32.3 Å². The molecule has 0 fully saturated rings. The molecule has 4 aromatic rings. The molecule has 2 aromatic carbocycles. The van der Waals surface area contributed by atoms with Crippen molar-refractivity contribution >= 4 is 29.5 Å². The lowest BCUT2D eigenvalue weighted by molar-refractivity contribution is -0.192. The first-order chi connectivity index (χ1) is 18.6. The predicted molar refractivity (Wildman–Crippen MR) is 132 cm³/mol. The average molecular weight is 538 g/mol. The van der Waals surface area contributed by atoms with Crippen LogP contribution in [-0.4, -0.2) is 49.1 Å². The number of hydrogen-bond donors (Lipinski definition) is 2. The number of hydrazone groups is 1. The van der Waals surface area contributed by atoms with Gasteiger partial charge in [-0.3, -0.25) is 0 Å². The molecule has 2 N–H and O–H groups in total. The number of aromatic nitrogens is 3. The van der Waals surface area contributed by atoms with Gasteiger partial charge >= 0.3 is 18.2 Å². The number of hydrogen-bond acceptors (Lipinski definition) is 5. The second kappa shape index (κ2) is 11.4. The minimum absolute atomic E-state index is 0.277. The van der Waals surface area contributed by atoms with Gasteiger partial charge in [0.1, 0.15) is 11.5 Å². The molecular formula is C26H18F4N6O3. The van der Waals surface area contributed by atoms with Gasteiger partial charge in [-0.15, -0.1) is 0 Å². The van der Waals surface area contributed by atoms with Crippen molar-refractivity contribution in [3.8, 4) is 11.8 Å². The van der Waals surface area contributed by atoms with E-state index >= 15 is 0 Å². The molecule has 13 heteroatoms. The Balaban J connectivity index is 0.000000448. The van der Waals surface area contributed by atoms with Crippen LogP contribution < -0.4 is 5.32 Å². The number of alkyl halides is 3. The van der Waals surface area contributed by atoms with Crippen LogP contribution in [0.1, 0.15) is 29.3 Å². The molecule has 0 saturated carbocycles. The molecular weight excluding hydrogens is 520 g/mol. The molecule has 0 bridgehead atoms. The third kappa shape index (κ3) is 6.75. The molecule has 2 aromatic heterocycles. The zero-order valence-electron chi connectivity index (χ0n) is 19.8. The van der Waals surface area contributed by atoms with E-state index < -0.39 is 12.1 Å². The summed E-state index contributed by atoms with van der Waals surface area (Å²) in [5.41, 5.74) is 3.54. The molecule has 9 nitrogen and oxygen atoms in total. The smallest absolute Gasteiger partial charge is 0.475 e. The standard InChI is InChI=1S/C24H17FN6O.C2HF3O2/c25-19-9-7-18(8-10-19)22-12-14-28-31(22)24(32)29-20-4-1-3-17(15-20)6-11-21-16-26-23-5-2-13-27-30(21)23;3-2(4,5)1(6)7/h1-5,7-10,13-16,22H,12H2,(H,29,32);(H,6,7)/t22-;/m0./s1. The van der Waals surface area contributed by atoms with Crippen LogP contribution in [0.25, 0.3) is 5.65 Å². The van der Waals surface area contributed by atoms with Gasteiger partial charge < -0.3 is 10.4 Å². The highest BCUT2D eigenvalue weighted by atomic mass is 19.4. The topological polar surface area (TPSA) is 112 Å². The summed E-state index contributed by atoms with van der Waals surface area (Å²) in [4.78, 5) is 26.0. The fraction of sp³-hybridized carbons (Fsp3) is 0.115.